The number of hydrogen-bond acceptors (Lipinski definition) is 4. The predicted octanol–water partition coefficient (Wildman–Crippen LogP) is 2.96. The van der Waals surface area contributed by atoms with Crippen LogP contribution in [-0.4, -0.2) is 23.3 Å². The molecule has 0 radical (unpaired) electrons. The van der Waals surface area contributed by atoms with Crippen molar-refractivity contribution in [1.82, 2.24) is 4.98 Å². The summed E-state index contributed by atoms with van der Waals surface area (Å²) in [6.07, 6.45) is 3.45. The molecule has 1 saturated heterocycles. The van der Waals surface area contributed by atoms with E-state index < -0.39 is 7.12 Å². The Labute approximate surface area is 119 Å². The van der Waals surface area contributed by atoms with E-state index in [-0.39, 0.29) is 11.2 Å². The Kier molecular flexibility index (Phi) is 3.64. The van der Waals surface area contributed by atoms with E-state index in [0.29, 0.717) is 10.8 Å². The van der Waals surface area contributed by atoms with Crippen LogP contribution in [0.3, 0.4) is 0 Å². The molecule has 0 spiro atoms. The highest BCUT2D eigenvalue weighted by molar-refractivity contribution is 6.52. The van der Waals surface area contributed by atoms with Crippen molar-refractivity contribution in [2.24, 2.45) is 0 Å². The molecule has 2 heterocycles. The molecule has 1 aromatic heterocycles. The van der Waals surface area contributed by atoms with Crippen LogP contribution < -0.4 is 5.73 Å². The average molecular weight is 281 g/mol. The summed E-state index contributed by atoms with van der Waals surface area (Å²) in [5, 5.41) is 0.556. The normalized spacial score (nSPS) is 21.2. The Bertz CT molecular complexity index is 501. The molecule has 19 heavy (non-hydrogen) atoms. The van der Waals surface area contributed by atoms with Gasteiger partial charge in [-0.1, -0.05) is 23.7 Å². The molecule has 0 amide bonds. The molecule has 4 nitrogen and oxygen atoms in total. The lowest BCUT2D eigenvalue weighted by molar-refractivity contribution is 0.00578. The van der Waals surface area contributed by atoms with Gasteiger partial charge >= 0.3 is 7.12 Å². The van der Waals surface area contributed by atoms with Crippen molar-refractivity contribution in [3.05, 3.63) is 28.8 Å². The second-order valence-electron chi connectivity index (χ2n) is 5.61. The van der Waals surface area contributed by atoms with Crippen LogP contribution in [0.2, 0.25) is 5.02 Å². The molecule has 0 atom stereocenters. The number of nitrogens with two attached hydrogens (primary N) is 1. The van der Waals surface area contributed by atoms with Crippen molar-refractivity contribution in [3.63, 3.8) is 0 Å². The van der Waals surface area contributed by atoms with Crippen molar-refractivity contribution >= 4 is 30.6 Å². The van der Waals surface area contributed by atoms with Crippen molar-refractivity contribution in [2.45, 2.75) is 38.9 Å². The van der Waals surface area contributed by atoms with Crippen LogP contribution in [0.4, 0.5) is 5.82 Å². The SMILES string of the molecule is CC1(C)OB(/C=C/c2cnc(N)cc2Cl)OC1(C)C. The number of nitrogens with zero attached hydrogens (tertiary/aromatic N) is 1. The monoisotopic (exact) mass is 280 g/mol. The molecule has 2 N–H and O–H groups in total. The van der Waals surface area contributed by atoms with Crippen molar-refractivity contribution in [2.75, 3.05) is 5.73 Å². The Morgan fingerprint density at radius 3 is 2.37 bits per heavy atom. The van der Waals surface area contributed by atoms with Gasteiger partial charge in [0.1, 0.15) is 5.82 Å². The quantitative estimate of drug-likeness (QED) is 0.846. The third-order valence-corrected chi connectivity index (χ3v) is 3.93. The smallest absolute Gasteiger partial charge is 0.400 e. The number of rotatable bonds is 2. The van der Waals surface area contributed by atoms with E-state index in [1.54, 1.807) is 12.3 Å². The highest BCUT2D eigenvalue weighted by atomic mass is 35.5. The van der Waals surface area contributed by atoms with E-state index in [4.69, 9.17) is 26.6 Å². The highest BCUT2D eigenvalue weighted by Gasteiger charge is 2.49. The molecule has 1 aromatic rings. The summed E-state index contributed by atoms with van der Waals surface area (Å²) in [7, 11) is -0.390. The van der Waals surface area contributed by atoms with E-state index in [2.05, 4.69) is 4.98 Å². The first-order chi connectivity index (χ1) is 8.71. The lowest BCUT2D eigenvalue weighted by atomic mass is 9.89. The lowest BCUT2D eigenvalue weighted by Crippen LogP contribution is -2.41. The first kappa shape index (κ1) is 14.4. The zero-order chi connectivity index (χ0) is 14.3. The van der Waals surface area contributed by atoms with Crippen LogP contribution in [0.25, 0.3) is 6.08 Å². The van der Waals surface area contributed by atoms with Gasteiger partial charge in [0, 0.05) is 11.8 Å². The van der Waals surface area contributed by atoms with Crippen LogP contribution in [0.15, 0.2) is 18.2 Å². The summed E-state index contributed by atoms with van der Waals surface area (Å²) < 4.78 is 11.7. The van der Waals surface area contributed by atoms with Gasteiger partial charge in [-0.25, -0.2) is 4.98 Å². The fourth-order valence-electron chi connectivity index (χ4n) is 1.73. The van der Waals surface area contributed by atoms with E-state index in [1.165, 1.54) is 0 Å². The summed E-state index contributed by atoms with van der Waals surface area (Å²) in [5.74, 6) is 2.23. The number of halogens is 1. The summed E-state index contributed by atoms with van der Waals surface area (Å²) in [5.41, 5.74) is 5.65. The summed E-state index contributed by atoms with van der Waals surface area (Å²) in [6.45, 7) is 8.05. The van der Waals surface area contributed by atoms with Gasteiger partial charge in [-0.05, 0) is 33.8 Å². The molecule has 102 valence electrons. The minimum absolute atomic E-state index is 0.342. The maximum absolute atomic E-state index is 6.07. The third-order valence-electron chi connectivity index (χ3n) is 3.61. The Balaban J connectivity index is 2.13. The van der Waals surface area contributed by atoms with Crippen LogP contribution >= 0.6 is 11.6 Å². The molecule has 0 aromatic carbocycles. The van der Waals surface area contributed by atoms with Gasteiger partial charge in [0.2, 0.25) is 0 Å². The third kappa shape index (κ3) is 2.94. The molecule has 1 aliphatic rings. The molecule has 1 aliphatic heterocycles. The van der Waals surface area contributed by atoms with Crippen LogP contribution in [0, 0.1) is 0 Å². The Morgan fingerprint density at radius 2 is 1.84 bits per heavy atom. The van der Waals surface area contributed by atoms with Gasteiger partial charge in [-0.15, -0.1) is 0 Å². The number of aromatic nitrogens is 1. The van der Waals surface area contributed by atoms with Crippen molar-refractivity contribution in [3.8, 4) is 0 Å². The van der Waals surface area contributed by atoms with E-state index in [9.17, 15) is 0 Å². The molecule has 0 saturated carbocycles. The molecule has 0 aliphatic carbocycles. The van der Waals surface area contributed by atoms with Crippen molar-refractivity contribution < 1.29 is 9.31 Å². The molecule has 0 bridgehead atoms. The van der Waals surface area contributed by atoms with Gasteiger partial charge in [-0.3, -0.25) is 0 Å². The first-order valence-electron chi connectivity index (χ1n) is 6.16. The molecule has 6 heteroatoms. The number of pyridine rings is 1. The summed E-state index contributed by atoms with van der Waals surface area (Å²) in [6, 6.07) is 1.62. The maximum atomic E-state index is 6.07. The number of anilines is 1. The Hall–Kier alpha value is -1.04. The van der Waals surface area contributed by atoms with Crippen molar-refractivity contribution in [1.29, 1.82) is 0 Å². The zero-order valence-corrected chi connectivity index (χ0v) is 12.4. The molecule has 0 unspecified atom stereocenters. The van der Waals surface area contributed by atoms with Gasteiger partial charge in [0.05, 0.1) is 16.2 Å². The summed E-state index contributed by atoms with van der Waals surface area (Å²) >= 11 is 6.07. The maximum Gasteiger partial charge on any atom is 0.487 e. The van der Waals surface area contributed by atoms with Crippen LogP contribution in [0.5, 0.6) is 0 Å². The van der Waals surface area contributed by atoms with Gasteiger partial charge in [0.15, 0.2) is 0 Å². The minimum Gasteiger partial charge on any atom is -0.400 e. The average Bonchev–Trinajstić information content (AvgIpc) is 2.46. The second kappa shape index (κ2) is 4.82. The predicted molar refractivity (Wildman–Crippen MR) is 78.8 cm³/mol. The number of hydrogen-bond donors (Lipinski definition) is 1. The van der Waals surface area contributed by atoms with Gasteiger partial charge in [0.25, 0.3) is 0 Å². The minimum atomic E-state index is -0.390. The van der Waals surface area contributed by atoms with Gasteiger partial charge < -0.3 is 15.0 Å². The summed E-state index contributed by atoms with van der Waals surface area (Å²) in [4.78, 5) is 4.00. The standard InChI is InChI=1S/C13H18BClN2O2/c1-12(2)13(3,4)19-14(18-12)6-5-9-8-17-11(16)7-10(9)15/h5-8H,1-4H3,(H2,16,17)/b6-5+. The molecule has 2 rings (SSSR count). The number of nitrogen functional groups attached to an aromatic ring is 1. The van der Waals surface area contributed by atoms with E-state index in [1.807, 2.05) is 39.7 Å². The van der Waals surface area contributed by atoms with E-state index in [0.717, 1.165) is 5.56 Å². The van der Waals surface area contributed by atoms with Crippen LogP contribution in [-0.2, 0) is 9.31 Å². The lowest BCUT2D eigenvalue weighted by Gasteiger charge is -2.32. The topological polar surface area (TPSA) is 57.4 Å². The zero-order valence-electron chi connectivity index (χ0n) is 11.6. The fraction of sp³-hybridized carbons (Fsp3) is 0.462. The molecular formula is C13H18BClN2O2. The molecular weight excluding hydrogens is 262 g/mol. The molecule has 1 fully saturated rings. The fourth-order valence-corrected chi connectivity index (χ4v) is 1.95. The van der Waals surface area contributed by atoms with Crippen LogP contribution in [0.1, 0.15) is 33.3 Å². The van der Waals surface area contributed by atoms with Gasteiger partial charge in [-0.2, -0.15) is 0 Å². The second-order valence-corrected chi connectivity index (χ2v) is 6.02. The first-order valence-corrected chi connectivity index (χ1v) is 6.54. The van der Waals surface area contributed by atoms with E-state index >= 15 is 0 Å². The highest BCUT2D eigenvalue weighted by Crippen LogP contribution is 2.37. The Morgan fingerprint density at radius 1 is 1.26 bits per heavy atom. The largest absolute Gasteiger partial charge is 0.487 e.